The number of hydrogen-bond donors (Lipinski definition) is 3. The highest BCUT2D eigenvalue weighted by molar-refractivity contribution is 6.04. The van der Waals surface area contributed by atoms with Crippen LogP contribution in [0, 0.1) is 5.92 Å². The zero-order valence-electron chi connectivity index (χ0n) is 22.9. The SMILES string of the molecule is C[C@H](CO)N1C[C@H](C)[C@@H](CN(C)C(=O)Nc2ccccc2)Oc2ccc(NC(=O)c3ccncc3)cc2CC1=O. The lowest BCUT2D eigenvalue weighted by atomic mass is 10.0. The Labute approximate surface area is 234 Å². The van der Waals surface area contributed by atoms with Gasteiger partial charge in [-0.2, -0.15) is 0 Å². The Morgan fingerprint density at radius 2 is 1.82 bits per heavy atom. The van der Waals surface area contributed by atoms with Crippen molar-refractivity contribution in [2.45, 2.75) is 32.4 Å². The lowest BCUT2D eigenvalue weighted by molar-refractivity contribution is -0.134. The number of urea groups is 1. The normalized spacial score (nSPS) is 17.8. The van der Waals surface area contributed by atoms with Crippen LogP contribution in [-0.4, -0.2) is 76.6 Å². The van der Waals surface area contributed by atoms with Crippen molar-refractivity contribution in [1.29, 1.82) is 0 Å². The molecule has 2 heterocycles. The van der Waals surface area contributed by atoms with Crippen molar-refractivity contribution in [1.82, 2.24) is 14.8 Å². The van der Waals surface area contributed by atoms with Crippen molar-refractivity contribution < 1.29 is 24.2 Å². The van der Waals surface area contributed by atoms with E-state index in [1.54, 1.807) is 66.5 Å². The van der Waals surface area contributed by atoms with E-state index in [0.717, 1.165) is 0 Å². The van der Waals surface area contributed by atoms with E-state index in [0.29, 0.717) is 34.8 Å². The van der Waals surface area contributed by atoms with Gasteiger partial charge in [-0.1, -0.05) is 25.1 Å². The van der Waals surface area contributed by atoms with Crippen LogP contribution in [-0.2, 0) is 11.2 Å². The van der Waals surface area contributed by atoms with E-state index in [2.05, 4.69) is 15.6 Å². The number of carbonyl (C=O) groups is 3. The van der Waals surface area contributed by atoms with E-state index in [9.17, 15) is 19.5 Å². The number of benzene rings is 2. The number of rotatable bonds is 7. The fourth-order valence-electron chi connectivity index (χ4n) is 4.52. The number of nitrogens with one attached hydrogen (secondary N) is 2. The number of pyridine rings is 1. The summed E-state index contributed by atoms with van der Waals surface area (Å²) in [5, 5.41) is 15.6. The molecule has 0 saturated heterocycles. The minimum atomic E-state index is -0.457. The Morgan fingerprint density at radius 3 is 2.52 bits per heavy atom. The van der Waals surface area contributed by atoms with Crippen LogP contribution >= 0.6 is 0 Å². The topological polar surface area (TPSA) is 124 Å². The minimum absolute atomic E-state index is 0.0302. The molecular weight excluding hydrogens is 510 g/mol. The van der Waals surface area contributed by atoms with Gasteiger partial charge in [0, 0.05) is 54.4 Å². The molecule has 3 N–H and O–H groups in total. The van der Waals surface area contributed by atoms with E-state index in [4.69, 9.17) is 4.74 Å². The first kappa shape index (κ1) is 28.6. The number of nitrogens with zero attached hydrogens (tertiary/aromatic N) is 3. The number of likely N-dealkylation sites (N-methyl/N-ethyl adjacent to an activating group) is 1. The Bertz CT molecular complexity index is 1320. The van der Waals surface area contributed by atoms with Crippen LogP contribution in [0.3, 0.4) is 0 Å². The number of anilines is 2. The number of fused-ring (bicyclic) bond motifs is 1. The number of aliphatic hydroxyl groups excluding tert-OH is 1. The molecule has 0 unspecified atom stereocenters. The average Bonchev–Trinajstić information content (AvgIpc) is 3.01. The third-order valence-electron chi connectivity index (χ3n) is 6.94. The zero-order chi connectivity index (χ0) is 28.6. The monoisotopic (exact) mass is 545 g/mol. The number of amides is 4. The molecular formula is C30H35N5O5. The van der Waals surface area contributed by atoms with E-state index in [1.807, 2.05) is 37.3 Å². The number of para-hydroxylation sites is 1. The van der Waals surface area contributed by atoms with Gasteiger partial charge in [-0.3, -0.25) is 14.6 Å². The lowest BCUT2D eigenvalue weighted by Crippen LogP contribution is -2.48. The number of aromatic nitrogens is 1. The van der Waals surface area contributed by atoms with Crippen molar-refractivity contribution in [2.24, 2.45) is 5.92 Å². The summed E-state index contributed by atoms with van der Waals surface area (Å²) in [6, 6.07) is 16.9. The first-order chi connectivity index (χ1) is 19.2. The van der Waals surface area contributed by atoms with Crippen molar-refractivity contribution in [3.8, 4) is 5.75 Å². The largest absolute Gasteiger partial charge is 0.488 e. The van der Waals surface area contributed by atoms with Gasteiger partial charge in [-0.15, -0.1) is 0 Å². The fourth-order valence-corrected chi connectivity index (χ4v) is 4.52. The van der Waals surface area contributed by atoms with Crippen molar-refractivity contribution in [2.75, 3.05) is 37.4 Å². The van der Waals surface area contributed by atoms with Gasteiger partial charge in [0.05, 0.1) is 25.6 Å². The summed E-state index contributed by atoms with van der Waals surface area (Å²) in [5.41, 5.74) is 2.26. The molecule has 0 fully saturated rings. The lowest BCUT2D eigenvalue weighted by Gasteiger charge is -2.34. The minimum Gasteiger partial charge on any atom is -0.488 e. The molecule has 10 nitrogen and oxygen atoms in total. The van der Waals surface area contributed by atoms with Crippen LogP contribution in [0.4, 0.5) is 16.2 Å². The van der Waals surface area contributed by atoms with Gasteiger partial charge in [0.25, 0.3) is 5.91 Å². The quantitative estimate of drug-likeness (QED) is 0.416. The third kappa shape index (κ3) is 7.15. The predicted octanol–water partition coefficient (Wildman–Crippen LogP) is 3.65. The molecule has 0 radical (unpaired) electrons. The average molecular weight is 546 g/mol. The molecule has 0 bridgehead atoms. The first-order valence-electron chi connectivity index (χ1n) is 13.2. The molecule has 1 aromatic heterocycles. The highest BCUT2D eigenvalue weighted by Gasteiger charge is 2.32. The van der Waals surface area contributed by atoms with Gasteiger partial charge < -0.3 is 30.3 Å². The molecule has 0 saturated carbocycles. The van der Waals surface area contributed by atoms with Gasteiger partial charge in [0.2, 0.25) is 5.91 Å². The van der Waals surface area contributed by atoms with Crippen LogP contribution in [0.15, 0.2) is 73.1 Å². The van der Waals surface area contributed by atoms with Crippen LogP contribution in [0.2, 0.25) is 0 Å². The van der Waals surface area contributed by atoms with Gasteiger partial charge in [0.1, 0.15) is 11.9 Å². The third-order valence-corrected chi connectivity index (χ3v) is 6.94. The van der Waals surface area contributed by atoms with Gasteiger partial charge in [-0.25, -0.2) is 4.79 Å². The van der Waals surface area contributed by atoms with Gasteiger partial charge >= 0.3 is 6.03 Å². The molecule has 3 atom stereocenters. The maximum Gasteiger partial charge on any atom is 0.321 e. The van der Waals surface area contributed by atoms with Crippen molar-refractivity contribution in [3.63, 3.8) is 0 Å². The van der Waals surface area contributed by atoms with Crippen LogP contribution in [0.5, 0.6) is 5.75 Å². The number of aliphatic hydroxyl groups is 1. The van der Waals surface area contributed by atoms with Gasteiger partial charge in [0.15, 0.2) is 0 Å². The predicted molar refractivity (Wildman–Crippen MR) is 152 cm³/mol. The molecule has 40 heavy (non-hydrogen) atoms. The fraction of sp³-hybridized carbons (Fsp3) is 0.333. The van der Waals surface area contributed by atoms with Crippen LogP contribution in [0.25, 0.3) is 0 Å². The molecule has 0 aliphatic carbocycles. The molecule has 0 spiro atoms. The van der Waals surface area contributed by atoms with E-state index >= 15 is 0 Å². The second-order valence-corrected chi connectivity index (χ2v) is 10.1. The Balaban J connectivity index is 1.59. The molecule has 1 aliphatic heterocycles. The summed E-state index contributed by atoms with van der Waals surface area (Å²) >= 11 is 0. The van der Waals surface area contributed by atoms with Crippen LogP contribution in [0.1, 0.15) is 29.8 Å². The molecule has 3 aromatic rings. The highest BCUT2D eigenvalue weighted by Crippen LogP contribution is 2.29. The molecule has 2 aromatic carbocycles. The van der Waals surface area contributed by atoms with E-state index in [-0.39, 0.29) is 43.3 Å². The summed E-state index contributed by atoms with van der Waals surface area (Å²) in [4.78, 5) is 46.2. The zero-order valence-corrected chi connectivity index (χ0v) is 22.9. The highest BCUT2D eigenvalue weighted by atomic mass is 16.5. The van der Waals surface area contributed by atoms with E-state index in [1.165, 1.54) is 0 Å². The molecule has 10 heteroatoms. The Hall–Kier alpha value is -4.44. The van der Waals surface area contributed by atoms with E-state index < -0.39 is 12.1 Å². The molecule has 4 amide bonds. The maximum atomic E-state index is 13.4. The number of hydrogen-bond acceptors (Lipinski definition) is 6. The summed E-state index contributed by atoms with van der Waals surface area (Å²) in [6.07, 6.45) is 2.66. The first-order valence-corrected chi connectivity index (χ1v) is 13.2. The Kier molecular flexibility index (Phi) is 9.34. The number of ether oxygens (including phenoxy) is 1. The van der Waals surface area contributed by atoms with Crippen molar-refractivity contribution in [3.05, 3.63) is 84.2 Å². The standard InChI is InChI=1S/C30H35N5O5/c1-20-17-35(21(2)19-36)28(37)16-23-15-25(32-29(38)22-11-13-31-14-12-22)9-10-26(23)40-27(20)18-34(3)30(39)33-24-7-5-4-6-8-24/h4-15,20-21,27,36H,16-19H2,1-3H3,(H,32,38)(H,33,39)/t20-,21+,27+/m0/s1. The second kappa shape index (κ2) is 13.1. The Morgan fingerprint density at radius 1 is 1.10 bits per heavy atom. The number of carbonyl (C=O) groups excluding carboxylic acids is 3. The summed E-state index contributed by atoms with van der Waals surface area (Å²) in [7, 11) is 1.69. The van der Waals surface area contributed by atoms with Crippen LogP contribution < -0.4 is 15.4 Å². The summed E-state index contributed by atoms with van der Waals surface area (Å²) in [6.45, 7) is 4.18. The molecule has 4 rings (SSSR count). The molecule has 210 valence electrons. The smallest absolute Gasteiger partial charge is 0.321 e. The molecule has 1 aliphatic rings. The maximum absolute atomic E-state index is 13.4. The van der Waals surface area contributed by atoms with Gasteiger partial charge in [-0.05, 0) is 49.4 Å². The summed E-state index contributed by atoms with van der Waals surface area (Å²) < 4.78 is 6.47. The second-order valence-electron chi connectivity index (χ2n) is 10.1. The van der Waals surface area contributed by atoms with Crippen molar-refractivity contribution >= 4 is 29.2 Å². The summed E-state index contributed by atoms with van der Waals surface area (Å²) in [5.74, 6) is -0.123.